The van der Waals surface area contributed by atoms with Crippen LogP contribution in [0.25, 0.3) is 6.08 Å². The highest BCUT2D eigenvalue weighted by atomic mass is 127. The third-order valence-electron chi connectivity index (χ3n) is 7.25. The van der Waals surface area contributed by atoms with Gasteiger partial charge >= 0.3 is 5.97 Å². The van der Waals surface area contributed by atoms with E-state index >= 15 is 0 Å². The van der Waals surface area contributed by atoms with Gasteiger partial charge in [-0.2, -0.15) is 0 Å². The van der Waals surface area contributed by atoms with E-state index in [1.807, 2.05) is 51.1 Å². The lowest BCUT2D eigenvalue weighted by Gasteiger charge is -2.26. The van der Waals surface area contributed by atoms with Crippen LogP contribution in [0.2, 0.25) is 0 Å². The van der Waals surface area contributed by atoms with Crippen LogP contribution in [0.5, 0.6) is 17.2 Å². The summed E-state index contributed by atoms with van der Waals surface area (Å²) in [5.74, 6) is 1.02. The predicted octanol–water partition coefficient (Wildman–Crippen LogP) is 6.08. The monoisotopic (exact) mass is 783 g/mol. The molecule has 1 aromatic heterocycles. The Labute approximate surface area is 294 Å². The van der Waals surface area contributed by atoms with Crippen LogP contribution in [0.15, 0.2) is 81.7 Å². The van der Waals surface area contributed by atoms with Crippen molar-refractivity contribution in [3.05, 3.63) is 122 Å². The summed E-state index contributed by atoms with van der Waals surface area (Å²) >= 11 is 3.38. The number of carbonyl (C=O) groups is 1. The molecule has 0 fully saturated rings. The molecule has 0 aliphatic carbocycles. The largest absolute Gasteiger partial charge is 0.491 e. The molecule has 0 unspecified atom stereocenters. The first-order chi connectivity index (χ1) is 23.0. The number of fused-ring (bicyclic) bond motifs is 1. The minimum absolute atomic E-state index is 0.00432. The van der Waals surface area contributed by atoms with Crippen molar-refractivity contribution in [2.45, 2.75) is 53.4 Å². The van der Waals surface area contributed by atoms with Gasteiger partial charge in [-0.3, -0.25) is 19.5 Å². The molecule has 0 amide bonds. The second-order valence-corrected chi connectivity index (χ2v) is 13.2. The minimum Gasteiger partial charge on any atom is -0.491 e. The molecular weight excluding hydrogens is 749 g/mol. The first kappa shape index (κ1) is 34.8. The van der Waals surface area contributed by atoms with Crippen LogP contribution < -0.4 is 29.1 Å². The number of hydrogen-bond acceptors (Lipinski definition) is 10. The molecule has 0 N–H and O–H groups in total. The number of ether oxygens (including phenoxy) is 4. The second-order valence-electron chi connectivity index (χ2n) is 11.0. The Morgan fingerprint density at radius 3 is 2.48 bits per heavy atom. The van der Waals surface area contributed by atoms with Gasteiger partial charge in [0.05, 0.1) is 43.6 Å². The molecule has 4 aromatic rings. The van der Waals surface area contributed by atoms with Crippen molar-refractivity contribution in [2.24, 2.45) is 4.99 Å². The van der Waals surface area contributed by atoms with Gasteiger partial charge in [-0.1, -0.05) is 29.5 Å². The number of esters is 1. The first-order valence-electron chi connectivity index (χ1n) is 15.3. The van der Waals surface area contributed by atoms with E-state index < -0.39 is 16.9 Å². The maximum absolute atomic E-state index is 14.2. The summed E-state index contributed by atoms with van der Waals surface area (Å²) < 4.78 is 26.3. The van der Waals surface area contributed by atoms with E-state index in [9.17, 15) is 19.7 Å². The van der Waals surface area contributed by atoms with Crippen LogP contribution in [0.3, 0.4) is 0 Å². The number of benzene rings is 3. The van der Waals surface area contributed by atoms with Crippen molar-refractivity contribution < 1.29 is 28.7 Å². The Balaban J connectivity index is 1.58. The van der Waals surface area contributed by atoms with Gasteiger partial charge in [0.2, 0.25) is 0 Å². The number of allylic oxidation sites excluding steroid dienone is 1. The Morgan fingerprint density at radius 2 is 1.81 bits per heavy atom. The van der Waals surface area contributed by atoms with Gasteiger partial charge < -0.3 is 18.9 Å². The molecule has 0 saturated carbocycles. The zero-order valence-corrected chi connectivity index (χ0v) is 30.0. The number of rotatable bonds is 12. The molecule has 0 bridgehead atoms. The predicted molar refractivity (Wildman–Crippen MR) is 190 cm³/mol. The number of halogens is 1. The fraction of sp³-hybridized carbons (Fsp3) is 0.286. The van der Waals surface area contributed by atoms with E-state index in [0.29, 0.717) is 50.0 Å². The molecule has 48 heavy (non-hydrogen) atoms. The smallest absolute Gasteiger partial charge is 0.338 e. The lowest BCUT2D eigenvalue weighted by atomic mass is 9.95. The van der Waals surface area contributed by atoms with Gasteiger partial charge in [0.15, 0.2) is 16.3 Å². The standard InChI is InChI=1S/C35H34IN3O8S/c1-6-44-28-17-23(16-26(36)32(28)46-19-22-12-14-24(15-13-22)39(42)43)18-29-33(40)38-31(25-10-8-9-11-27(25)47-20(3)4)30(34(41)45-7-2)21(5)37-35(38)48-29/h8-18,20,31H,6-7,19H2,1-5H3/b29-18-/t31-/m1/s1. The number of nitrogens with zero attached hydrogens (tertiary/aromatic N) is 3. The van der Waals surface area contributed by atoms with Crippen molar-refractivity contribution in [3.8, 4) is 17.2 Å². The summed E-state index contributed by atoms with van der Waals surface area (Å²) in [5.41, 5.74) is 2.55. The van der Waals surface area contributed by atoms with Gasteiger partial charge in [0.25, 0.3) is 11.2 Å². The lowest BCUT2D eigenvalue weighted by molar-refractivity contribution is -0.384. The maximum Gasteiger partial charge on any atom is 0.338 e. The summed E-state index contributed by atoms with van der Waals surface area (Å²) in [6.45, 7) is 9.90. The molecule has 3 aromatic carbocycles. The number of carbonyl (C=O) groups excluding carboxylic acids is 1. The molecule has 0 saturated heterocycles. The van der Waals surface area contributed by atoms with Crippen molar-refractivity contribution in [1.82, 2.24) is 4.57 Å². The molecule has 5 rings (SSSR count). The Morgan fingerprint density at radius 1 is 1.08 bits per heavy atom. The quantitative estimate of drug-likeness (QED) is 0.0732. The normalized spacial score (nSPS) is 14.4. The fourth-order valence-corrected chi connectivity index (χ4v) is 7.08. The topological polar surface area (TPSA) is 131 Å². The van der Waals surface area contributed by atoms with Gasteiger partial charge in [0.1, 0.15) is 18.4 Å². The molecule has 0 spiro atoms. The average Bonchev–Trinajstić information content (AvgIpc) is 3.34. The Bertz CT molecular complexity index is 2070. The Kier molecular flexibility index (Phi) is 11.0. The van der Waals surface area contributed by atoms with Crippen molar-refractivity contribution in [2.75, 3.05) is 13.2 Å². The van der Waals surface area contributed by atoms with E-state index in [1.165, 1.54) is 28.0 Å². The number of nitro benzene ring substituents is 1. The molecule has 0 radical (unpaired) electrons. The van der Waals surface area contributed by atoms with Crippen molar-refractivity contribution in [1.29, 1.82) is 0 Å². The van der Waals surface area contributed by atoms with E-state index in [1.54, 1.807) is 38.1 Å². The zero-order chi connectivity index (χ0) is 34.5. The highest BCUT2D eigenvalue weighted by Crippen LogP contribution is 2.37. The SMILES string of the molecule is CCOC(=O)C1=C(C)N=c2s/c(=C\c3cc(I)c(OCc4ccc([N+](=O)[O-])cc4)c(OCC)c3)c(=O)n2[C@@H]1c1ccccc1OC(C)C. The molecule has 2 heterocycles. The number of thiazole rings is 1. The van der Waals surface area contributed by atoms with Crippen molar-refractivity contribution in [3.63, 3.8) is 0 Å². The van der Waals surface area contributed by atoms with Crippen LogP contribution in [0, 0.1) is 13.7 Å². The average molecular weight is 784 g/mol. The van der Waals surface area contributed by atoms with Crippen molar-refractivity contribution >= 4 is 51.7 Å². The van der Waals surface area contributed by atoms with Gasteiger partial charge in [0, 0.05) is 17.7 Å². The molecule has 1 aliphatic rings. The molecule has 1 atom stereocenters. The van der Waals surface area contributed by atoms with Gasteiger partial charge in [-0.05, 0) is 105 Å². The molecule has 250 valence electrons. The summed E-state index contributed by atoms with van der Waals surface area (Å²) in [5, 5.41) is 11.0. The van der Waals surface area contributed by atoms with Gasteiger partial charge in [-0.15, -0.1) is 0 Å². The molecule has 13 heteroatoms. The third-order valence-corrected chi connectivity index (χ3v) is 9.04. The highest BCUT2D eigenvalue weighted by Gasteiger charge is 2.35. The summed E-state index contributed by atoms with van der Waals surface area (Å²) in [4.78, 5) is 43.3. The van der Waals surface area contributed by atoms with Crippen LogP contribution in [0.1, 0.15) is 57.4 Å². The van der Waals surface area contributed by atoms with Crippen LogP contribution in [-0.2, 0) is 16.1 Å². The maximum atomic E-state index is 14.2. The molecule has 1 aliphatic heterocycles. The van der Waals surface area contributed by atoms with Gasteiger partial charge in [-0.25, -0.2) is 9.79 Å². The Hall–Kier alpha value is -4.50. The second kappa shape index (κ2) is 15.2. The minimum atomic E-state index is -0.813. The summed E-state index contributed by atoms with van der Waals surface area (Å²) in [6, 6.07) is 16.4. The van der Waals surface area contributed by atoms with E-state index in [-0.39, 0.29) is 36.1 Å². The number of aromatic nitrogens is 1. The van der Waals surface area contributed by atoms with Crippen LogP contribution in [-0.4, -0.2) is 34.8 Å². The van der Waals surface area contributed by atoms with E-state index in [0.717, 1.165) is 9.13 Å². The number of para-hydroxylation sites is 1. The summed E-state index contributed by atoms with van der Waals surface area (Å²) in [7, 11) is 0. The van der Waals surface area contributed by atoms with Crippen LogP contribution >= 0.6 is 33.9 Å². The number of nitro groups is 1. The summed E-state index contributed by atoms with van der Waals surface area (Å²) in [6.07, 6.45) is 1.63. The van der Waals surface area contributed by atoms with E-state index in [2.05, 4.69) is 27.6 Å². The van der Waals surface area contributed by atoms with E-state index in [4.69, 9.17) is 18.9 Å². The number of non-ortho nitro benzene ring substituents is 1. The lowest BCUT2D eigenvalue weighted by Crippen LogP contribution is -2.40. The first-order valence-corrected chi connectivity index (χ1v) is 17.2. The highest BCUT2D eigenvalue weighted by molar-refractivity contribution is 14.1. The molecule has 11 nitrogen and oxygen atoms in total. The fourth-order valence-electron chi connectivity index (χ4n) is 5.25. The number of hydrogen-bond donors (Lipinski definition) is 0. The van der Waals surface area contributed by atoms with Crippen LogP contribution in [0.4, 0.5) is 5.69 Å². The third kappa shape index (κ3) is 7.46. The molecular formula is C35H34IN3O8S. The zero-order valence-electron chi connectivity index (χ0n) is 27.0.